The lowest BCUT2D eigenvalue weighted by Gasteiger charge is -2.19. The summed E-state index contributed by atoms with van der Waals surface area (Å²) >= 11 is 0. The highest BCUT2D eigenvalue weighted by molar-refractivity contribution is 6.08. The number of hydrogen-bond donors (Lipinski definition) is 2. The Morgan fingerprint density at radius 3 is 2.38 bits per heavy atom. The monoisotopic (exact) mass is 394 g/mol. The van der Waals surface area contributed by atoms with Crippen molar-refractivity contribution >= 4 is 29.0 Å². The minimum Gasteiger partial charge on any atom is -0.465 e. The van der Waals surface area contributed by atoms with Crippen molar-refractivity contribution in [1.29, 1.82) is 0 Å². The van der Waals surface area contributed by atoms with Crippen molar-refractivity contribution in [3.63, 3.8) is 0 Å². The molecule has 150 valence electrons. The molecule has 1 aromatic carbocycles. The van der Waals surface area contributed by atoms with Crippen molar-refractivity contribution in [1.82, 2.24) is 14.7 Å². The van der Waals surface area contributed by atoms with Crippen LogP contribution in [-0.2, 0) is 4.74 Å². The van der Waals surface area contributed by atoms with Gasteiger partial charge in [-0.05, 0) is 45.0 Å². The summed E-state index contributed by atoms with van der Waals surface area (Å²) in [5, 5.41) is 5.53. The molecule has 8 nitrogen and oxygen atoms in total. The number of carbonyl (C=O) groups is 3. The van der Waals surface area contributed by atoms with Crippen LogP contribution in [0.15, 0.2) is 48.7 Å². The van der Waals surface area contributed by atoms with E-state index in [1.54, 1.807) is 48.7 Å². The second-order valence-corrected chi connectivity index (χ2v) is 7.44. The highest BCUT2D eigenvalue weighted by Crippen LogP contribution is 2.19. The number of hydrogen-bond acceptors (Lipinski definition) is 5. The number of rotatable bonds is 4. The molecule has 2 N–H and O–H groups in total. The average Bonchev–Trinajstić information content (AvgIpc) is 3.06. The van der Waals surface area contributed by atoms with Gasteiger partial charge in [-0.1, -0.05) is 18.2 Å². The third-order valence-corrected chi connectivity index (χ3v) is 4.04. The zero-order chi connectivity index (χ0) is 21.2. The Morgan fingerprint density at radius 2 is 1.69 bits per heavy atom. The molecule has 0 spiro atoms. The Balaban J connectivity index is 2.00. The molecular formula is C21H22N4O4. The van der Waals surface area contributed by atoms with Crippen molar-refractivity contribution in [3.8, 4) is 0 Å². The van der Waals surface area contributed by atoms with E-state index in [1.807, 2.05) is 20.8 Å². The standard InChI is InChI=1S/C21H22N4O4/c1-21(2,3)24-18(26)16-15-11-7-8-12-25(15)17(23-16)19(27)22-14-10-6-5-9-13(14)20(28)29-4/h5-12H,1-4H3,(H,22,27)(H,24,26). The van der Waals surface area contributed by atoms with Crippen LogP contribution in [0.4, 0.5) is 5.69 Å². The fraction of sp³-hybridized carbons (Fsp3) is 0.238. The first-order valence-corrected chi connectivity index (χ1v) is 8.99. The fourth-order valence-electron chi connectivity index (χ4n) is 2.82. The number of pyridine rings is 1. The Morgan fingerprint density at radius 1 is 1.00 bits per heavy atom. The number of imidazole rings is 1. The number of nitrogens with zero attached hydrogens (tertiary/aromatic N) is 2. The predicted octanol–water partition coefficient (Wildman–Crippen LogP) is 2.90. The van der Waals surface area contributed by atoms with Gasteiger partial charge in [-0.15, -0.1) is 0 Å². The first kappa shape index (κ1) is 20.1. The number of para-hydroxylation sites is 1. The molecule has 29 heavy (non-hydrogen) atoms. The molecule has 0 aliphatic rings. The third kappa shape index (κ3) is 4.26. The van der Waals surface area contributed by atoms with Gasteiger partial charge in [-0.3, -0.25) is 14.0 Å². The van der Waals surface area contributed by atoms with E-state index in [0.717, 1.165) is 0 Å². The summed E-state index contributed by atoms with van der Waals surface area (Å²) < 4.78 is 6.29. The van der Waals surface area contributed by atoms with E-state index in [9.17, 15) is 14.4 Å². The topological polar surface area (TPSA) is 102 Å². The Labute approximate surface area is 167 Å². The molecule has 0 bridgehead atoms. The Hall–Kier alpha value is -3.68. The van der Waals surface area contributed by atoms with E-state index in [1.165, 1.54) is 11.5 Å². The van der Waals surface area contributed by atoms with Gasteiger partial charge < -0.3 is 15.4 Å². The summed E-state index contributed by atoms with van der Waals surface area (Å²) in [4.78, 5) is 41.8. The molecule has 0 radical (unpaired) electrons. The number of anilines is 1. The molecule has 0 aliphatic carbocycles. The van der Waals surface area contributed by atoms with Gasteiger partial charge >= 0.3 is 5.97 Å². The molecule has 2 aromatic heterocycles. The summed E-state index contributed by atoms with van der Waals surface area (Å²) in [5.74, 6) is -1.48. The number of amides is 2. The third-order valence-electron chi connectivity index (χ3n) is 4.04. The van der Waals surface area contributed by atoms with Crippen LogP contribution in [0.2, 0.25) is 0 Å². The van der Waals surface area contributed by atoms with Gasteiger partial charge in [0.05, 0.1) is 23.9 Å². The average molecular weight is 394 g/mol. The number of aromatic nitrogens is 2. The van der Waals surface area contributed by atoms with Crippen molar-refractivity contribution in [2.45, 2.75) is 26.3 Å². The summed E-state index contributed by atoms with van der Waals surface area (Å²) in [7, 11) is 1.27. The van der Waals surface area contributed by atoms with Crippen LogP contribution < -0.4 is 10.6 Å². The molecule has 0 aliphatic heterocycles. The molecule has 0 saturated carbocycles. The van der Waals surface area contributed by atoms with Crippen LogP contribution in [-0.4, -0.2) is 39.8 Å². The van der Waals surface area contributed by atoms with E-state index in [4.69, 9.17) is 4.74 Å². The zero-order valence-electron chi connectivity index (χ0n) is 16.6. The van der Waals surface area contributed by atoms with E-state index in [2.05, 4.69) is 15.6 Å². The van der Waals surface area contributed by atoms with Gasteiger partial charge in [-0.2, -0.15) is 0 Å². The molecule has 3 aromatic rings. The zero-order valence-corrected chi connectivity index (χ0v) is 16.6. The SMILES string of the molecule is COC(=O)c1ccccc1NC(=O)c1nc(C(=O)NC(C)(C)C)c2ccccn12. The summed E-state index contributed by atoms with van der Waals surface area (Å²) in [6, 6.07) is 11.7. The molecule has 0 atom stereocenters. The number of methoxy groups -OCH3 is 1. The molecule has 2 amide bonds. The highest BCUT2D eigenvalue weighted by atomic mass is 16.5. The number of nitrogens with one attached hydrogen (secondary N) is 2. The van der Waals surface area contributed by atoms with Gasteiger partial charge in [0.15, 0.2) is 5.69 Å². The number of carbonyl (C=O) groups excluding carboxylic acids is 3. The maximum atomic E-state index is 12.9. The molecule has 0 unspecified atom stereocenters. The second kappa shape index (κ2) is 7.75. The molecule has 8 heteroatoms. The largest absolute Gasteiger partial charge is 0.465 e. The second-order valence-electron chi connectivity index (χ2n) is 7.44. The van der Waals surface area contributed by atoms with Gasteiger partial charge in [0.25, 0.3) is 11.8 Å². The Bertz CT molecular complexity index is 1100. The smallest absolute Gasteiger partial charge is 0.339 e. The van der Waals surface area contributed by atoms with E-state index in [-0.39, 0.29) is 28.7 Å². The lowest BCUT2D eigenvalue weighted by atomic mass is 10.1. The van der Waals surface area contributed by atoms with Gasteiger partial charge in [-0.25, -0.2) is 9.78 Å². The highest BCUT2D eigenvalue weighted by Gasteiger charge is 2.25. The van der Waals surface area contributed by atoms with Gasteiger partial charge in [0.1, 0.15) is 0 Å². The lowest BCUT2D eigenvalue weighted by Crippen LogP contribution is -2.40. The van der Waals surface area contributed by atoms with Gasteiger partial charge in [0.2, 0.25) is 5.82 Å². The van der Waals surface area contributed by atoms with Crippen LogP contribution in [0.25, 0.3) is 5.52 Å². The van der Waals surface area contributed by atoms with Crippen LogP contribution in [0.5, 0.6) is 0 Å². The van der Waals surface area contributed by atoms with Gasteiger partial charge in [0, 0.05) is 11.7 Å². The quantitative estimate of drug-likeness (QED) is 0.663. The Kier molecular flexibility index (Phi) is 5.36. The van der Waals surface area contributed by atoms with Crippen molar-refractivity contribution < 1.29 is 19.1 Å². The maximum absolute atomic E-state index is 12.9. The summed E-state index contributed by atoms with van der Waals surface area (Å²) in [6.07, 6.45) is 1.65. The van der Waals surface area contributed by atoms with E-state index >= 15 is 0 Å². The van der Waals surface area contributed by atoms with Crippen LogP contribution in [0.3, 0.4) is 0 Å². The van der Waals surface area contributed by atoms with Crippen molar-refractivity contribution in [2.75, 3.05) is 12.4 Å². The summed E-state index contributed by atoms with van der Waals surface area (Å²) in [5.41, 5.74) is 0.698. The minimum absolute atomic E-state index is 0.0272. The number of ether oxygens (including phenoxy) is 1. The fourth-order valence-corrected chi connectivity index (χ4v) is 2.82. The molecular weight excluding hydrogens is 372 g/mol. The molecule has 0 saturated heterocycles. The molecule has 2 heterocycles. The lowest BCUT2D eigenvalue weighted by molar-refractivity contribution is 0.0601. The normalized spacial score (nSPS) is 11.2. The van der Waals surface area contributed by atoms with Crippen molar-refractivity contribution in [2.24, 2.45) is 0 Å². The van der Waals surface area contributed by atoms with E-state index < -0.39 is 17.4 Å². The van der Waals surface area contributed by atoms with Crippen LogP contribution >= 0.6 is 0 Å². The number of benzene rings is 1. The van der Waals surface area contributed by atoms with Crippen molar-refractivity contribution in [3.05, 3.63) is 65.7 Å². The maximum Gasteiger partial charge on any atom is 0.339 e. The van der Waals surface area contributed by atoms with Crippen LogP contribution in [0, 0.1) is 0 Å². The number of esters is 1. The molecule has 3 rings (SSSR count). The predicted molar refractivity (Wildman–Crippen MR) is 108 cm³/mol. The first-order chi connectivity index (χ1) is 13.7. The number of fused-ring (bicyclic) bond motifs is 1. The van der Waals surface area contributed by atoms with E-state index in [0.29, 0.717) is 5.52 Å². The van der Waals surface area contributed by atoms with Crippen LogP contribution in [0.1, 0.15) is 52.2 Å². The minimum atomic E-state index is -0.570. The summed E-state index contributed by atoms with van der Waals surface area (Å²) in [6.45, 7) is 5.58. The molecule has 0 fully saturated rings. The first-order valence-electron chi connectivity index (χ1n) is 8.99.